The zero-order valence-electron chi connectivity index (χ0n) is 19.2. The van der Waals surface area contributed by atoms with Gasteiger partial charge in [0.2, 0.25) is 0 Å². The molecule has 2 aromatic carbocycles. The first-order valence-electron chi connectivity index (χ1n) is 11.7. The van der Waals surface area contributed by atoms with Gasteiger partial charge in [0.1, 0.15) is 5.69 Å². The standard InChI is InChI=1S/C26H29ClN4OS2/c1-2-3-14-28-26(33)31-15-12-19(13-16-31)25-30-23(17-34-25)24(32)29-22-7-5-4-6-21(22)18-8-10-20(27)11-9-18/h4-11,17,19H,2-3,12-16H2,1H3,(H,28,33)(H,29,32). The Morgan fingerprint density at radius 2 is 1.91 bits per heavy atom. The summed E-state index contributed by atoms with van der Waals surface area (Å²) in [7, 11) is 0. The molecule has 1 aliphatic rings. The minimum absolute atomic E-state index is 0.192. The van der Waals surface area contributed by atoms with E-state index in [1.54, 1.807) is 11.3 Å². The fourth-order valence-corrected chi connectivity index (χ4v) is 5.43. The minimum atomic E-state index is -0.192. The van der Waals surface area contributed by atoms with E-state index in [0.717, 1.165) is 72.3 Å². The lowest BCUT2D eigenvalue weighted by Gasteiger charge is -2.33. The summed E-state index contributed by atoms with van der Waals surface area (Å²) in [5, 5.41) is 10.8. The summed E-state index contributed by atoms with van der Waals surface area (Å²) in [4.78, 5) is 19.9. The van der Waals surface area contributed by atoms with Crippen molar-refractivity contribution in [2.24, 2.45) is 0 Å². The van der Waals surface area contributed by atoms with Gasteiger partial charge in [-0.25, -0.2) is 4.98 Å². The van der Waals surface area contributed by atoms with E-state index in [-0.39, 0.29) is 5.91 Å². The Morgan fingerprint density at radius 3 is 2.65 bits per heavy atom. The number of thiazole rings is 1. The third-order valence-electron chi connectivity index (χ3n) is 6.02. The zero-order valence-corrected chi connectivity index (χ0v) is 21.6. The molecule has 1 aromatic heterocycles. The topological polar surface area (TPSA) is 57.3 Å². The Bertz CT molecular complexity index is 1120. The molecule has 0 spiro atoms. The number of nitrogens with zero attached hydrogens (tertiary/aromatic N) is 2. The third-order valence-corrected chi connectivity index (χ3v) is 7.68. The molecule has 178 valence electrons. The number of para-hydroxylation sites is 1. The van der Waals surface area contributed by atoms with Crippen LogP contribution in [-0.4, -0.2) is 40.5 Å². The highest BCUT2D eigenvalue weighted by atomic mass is 35.5. The number of hydrogen-bond acceptors (Lipinski definition) is 4. The fourth-order valence-electron chi connectivity index (χ4n) is 4.05. The molecule has 2 heterocycles. The lowest BCUT2D eigenvalue weighted by atomic mass is 9.98. The molecule has 0 atom stereocenters. The number of piperidine rings is 1. The molecule has 1 saturated heterocycles. The molecule has 0 bridgehead atoms. The lowest BCUT2D eigenvalue weighted by Crippen LogP contribution is -2.44. The van der Waals surface area contributed by atoms with Gasteiger partial charge in [-0.2, -0.15) is 0 Å². The molecule has 1 fully saturated rings. The number of hydrogen-bond donors (Lipinski definition) is 2. The van der Waals surface area contributed by atoms with Gasteiger partial charge in [0.05, 0.1) is 5.01 Å². The van der Waals surface area contributed by atoms with Crippen LogP contribution in [0, 0.1) is 0 Å². The molecule has 2 N–H and O–H groups in total. The maximum atomic E-state index is 13.0. The molecular weight excluding hydrogens is 484 g/mol. The number of carbonyl (C=O) groups is 1. The monoisotopic (exact) mass is 512 g/mol. The fraction of sp³-hybridized carbons (Fsp3) is 0.346. The zero-order chi connectivity index (χ0) is 23.9. The van der Waals surface area contributed by atoms with Gasteiger partial charge in [-0.1, -0.05) is 55.3 Å². The van der Waals surface area contributed by atoms with Crippen LogP contribution in [0.2, 0.25) is 5.02 Å². The summed E-state index contributed by atoms with van der Waals surface area (Å²) in [5.41, 5.74) is 3.15. The maximum Gasteiger partial charge on any atom is 0.275 e. The van der Waals surface area contributed by atoms with Gasteiger partial charge in [0.25, 0.3) is 5.91 Å². The van der Waals surface area contributed by atoms with Crippen molar-refractivity contribution in [2.45, 2.75) is 38.5 Å². The largest absolute Gasteiger partial charge is 0.363 e. The van der Waals surface area contributed by atoms with Crippen LogP contribution in [0.1, 0.15) is 54.0 Å². The van der Waals surface area contributed by atoms with E-state index in [9.17, 15) is 4.79 Å². The van der Waals surface area contributed by atoms with Crippen molar-refractivity contribution >= 4 is 51.9 Å². The van der Waals surface area contributed by atoms with Crippen LogP contribution in [0.3, 0.4) is 0 Å². The summed E-state index contributed by atoms with van der Waals surface area (Å²) in [6.45, 7) is 4.94. The quantitative estimate of drug-likeness (QED) is 0.277. The van der Waals surface area contributed by atoms with E-state index >= 15 is 0 Å². The first-order valence-corrected chi connectivity index (χ1v) is 13.4. The van der Waals surface area contributed by atoms with Crippen LogP contribution in [0.25, 0.3) is 11.1 Å². The van der Waals surface area contributed by atoms with E-state index in [2.05, 4.69) is 22.5 Å². The average molecular weight is 513 g/mol. The summed E-state index contributed by atoms with van der Waals surface area (Å²) in [6, 6.07) is 15.4. The van der Waals surface area contributed by atoms with Crippen molar-refractivity contribution in [3.05, 3.63) is 69.6 Å². The Morgan fingerprint density at radius 1 is 1.18 bits per heavy atom. The number of rotatable bonds is 7. The van der Waals surface area contributed by atoms with Crippen LogP contribution < -0.4 is 10.6 Å². The molecule has 8 heteroatoms. The molecule has 4 rings (SSSR count). The number of amides is 1. The minimum Gasteiger partial charge on any atom is -0.363 e. The first-order chi connectivity index (χ1) is 16.5. The van der Waals surface area contributed by atoms with Gasteiger partial charge in [0.15, 0.2) is 5.11 Å². The van der Waals surface area contributed by atoms with Crippen molar-refractivity contribution in [3.8, 4) is 11.1 Å². The van der Waals surface area contributed by atoms with Gasteiger partial charge < -0.3 is 15.5 Å². The summed E-state index contributed by atoms with van der Waals surface area (Å²) in [6.07, 6.45) is 4.27. The lowest BCUT2D eigenvalue weighted by molar-refractivity contribution is 0.102. The molecule has 34 heavy (non-hydrogen) atoms. The average Bonchev–Trinajstić information content (AvgIpc) is 3.36. The Kier molecular flexibility index (Phi) is 8.53. The van der Waals surface area contributed by atoms with Gasteiger partial charge in [-0.3, -0.25) is 4.79 Å². The second-order valence-corrected chi connectivity index (χ2v) is 10.1. The number of halogens is 1. The van der Waals surface area contributed by atoms with Crippen molar-refractivity contribution in [1.29, 1.82) is 0 Å². The molecule has 1 aliphatic heterocycles. The molecular formula is C26H29ClN4OS2. The smallest absolute Gasteiger partial charge is 0.275 e. The number of thiocarbonyl (C=S) groups is 1. The highest BCUT2D eigenvalue weighted by Gasteiger charge is 2.25. The Balaban J connectivity index is 1.37. The number of likely N-dealkylation sites (tertiary alicyclic amines) is 1. The van der Waals surface area contributed by atoms with Crippen LogP contribution >= 0.6 is 35.2 Å². The summed E-state index contributed by atoms with van der Waals surface area (Å²) < 4.78 is 0. The third kappa shape index (κ3) is 6.14. The second kappa shape index (κ2) is 11.8. The Hall–Kier alpha value is -2.48. The summed E-state index contributed by atoms with van der Waals surface area (Å²) in [5.74, 6) is 0.172. The second-order valence-electron chi connectivity index (χ2n) is 8.42. The molecule has 0 saturated carbocycles. The van der Waals surface area contributed by atoms with Gasteiger partial charge in [-0.05, 0) is 55.2 Å². The van der Waals surface area contributed by atoms with Gasteiger partial charge >= 0.3 is 0 Å². The van der Waals surface area contributed by atoms with Gasteiger partial charge in [0, 0.05) is 47.2 Å². The van der Waals surface area contributed by atoms with E-state index < -0.39 is 0 Å². The van der Waals surface area contributed by atoms with Crippen molar-refractivity contribution in [3.63, 3.8) is 0 Å². The van der Waals surface area contributed by atoms with Crippen molar-refractivity contribution in [1.82, 2.24) is 15.2 Å². The van der Waals surface area contributed by atoms with E-state index in [1.165, 1.54) is 0 Å². The van der Waals surface area contributed by atoms with Crippen LogP contribution in [0.4, 0.5) is 5.69 Å². The number of unbranched alkanes of at least 4 members (excludes halogenated alkanes) is 1. The van der Waals surface area contributed by atoms with E-state index in [1.807, 2.05) is 53.9 Å². The van der Waals surface area contributed by atoms with Crippen LogP contribution in [-0.2, 0) is 0 Å². The number of benzene rings is 2. The predicted octanol–water partition coefficient (Wildman–Crippen LogP) is 6.57. The number of anilines is 1. The van der Waals surface area contributed by atoms with Gasteiger partial charge in [-0.15, -0.1) is 11.3 Å². The van der Waals surface area contributed by atoms with Crippen LogP contribution in [0.15, 0.2) is 53.9 Å². The van der Waals surface area contributed by atoms with Crippen LogP contribution in [0.5, 0.6) is 0 Å². The molecule has 0 unspecified atom stereocenters. The Labute approximate surface area is 215 Å². The summed E-state index contributed by atoms with van der Waals surface area (Å²) >= 11 is 13.1. The molecule has 0 aliphatic carbocycles. The maximum absolute atomic E-state index is 13.0. The number of carbonyl (C=O) groups excluding carboxylic acids is 1. The predicted molar refractivity (Wildman–Crippen MR) is 146 cm³/mol. The molecule has 1 amide bonds. The number of aromatic nitrogens is 1. The van der Waals surface area contributed by atoms with Crippen molar-refractivity contribution in [2.75, 3.05) is 25.0 Å². The molecule has 0 radical (unpaired) electrons. The SMILES string of the molecule is CCCCNC(=S)N1CCC(c2nc(C(=O)Nc3ccccc3-c3ccc(Cl)cc3)cs2)CC1. The normalized spacial score (nSPS) is 14.1. The highest BCUT2D eigenvalue weighted by molar-refractivity contribution is 7.80. The highest BCUT2D eigenvalue weighted by Crippen LogP contribution is 2.32. The molecule has 3 aromatic rings. The molecule has 5 nitrogen and oxygen atoms in total. The van der Waals surface area contributed by atoms with Crippen molar-refractivity contribution < 1.29 is 4.79 Å². The number of nitrogens with one attached hydrogen (secondary N) is 2. The first kappa shape index (κ1) is 24.6. The van der Waals surface area contributed by atoms with E-state index in [4.69, 9.17) is 28.8 Å². The van der Waals surface area contributed by atoms with E-state index in [0.29, 0.717) is 16.6 Å².